The second-order valence-electron chi connectivity index (χ2n) is 3.53. The Kier molecular flexibility index (Phi) is 2.96. The highest BCUT2D eigenvalue weighted by Gasteiger charge is 2.23. The highest BCUT2D eigenvalue weighted by atomic mass is 16.5. The Morgan fingerprint density at radius 2 is 2.31 bits per heavy atom. The minimum atomic E-state index is -0.0739. The molecule has 5 nitrogen and oxygen atoms in total. The highest BCUT2D eigenvalue weighted by molar-refractivity contribution is 5.96. The van der Waals surface area contributed by atoms with Crippen LogP contribution in [0.4, 0.5) is 11.4 Å². The molecule has 0 atom stereocenters. The zero-order valence-electron chi connectivity index (χ0n) is 9.10. The first-order chi connectivity index (χ1) is 7.72. The van der Waals surface area contributed by atoms with Crippen LogP contribution in [0.15, 0.2) is 18.2 Å². The molecule has 2 N–H and O–H groups in total. The molecular weight excluding hydrogens is 208 g/mol. The van der Waals surface area contributed by atoms with Crippen molar-refractivity contribution in [2.24, 2.45) is 0 Å². The normalized spacial score (nSPS) is 16.3. The predicted octanol–water partition coefficient (Wildman–Crippen LogP) is 0.641. The first-order valence-electron chi connectivity index (χ1n) is 5.04. The predicted molar refractivity (Wildman–Crippen MR) is 60.6 cm³/mol. The number of nitrogens with zero attached hydrogens (tertiary/aromatic N) is 1. The van der Waals surface area contributed by atoms with Gasteiger partial charge in [0, 0.05) is 12.2 Å². The summed E-state index contributed by atoms with van der Waals surface area (Å²) >= 11 is 0. The van der Waals surface area contributed by atoms with Crippen molar-refractivity contribution in [2.45, 2.75) is 0 Å². The first kappa shape index (κ1) is 10.8. The maximum absolute atomic E-state index is 11.7. The lowest BCUT2D eigenvalue weighted by molar-refractivity contribution is -0.125. The number of nitrogens with two attached hydrogens (primary N) is 1. The number of ether oxygens (including phenoxy) is 2. The molecule has 2 rings (SSSR count). The van der Waals surface area contributed by atoms with Crippen LogP contribution in [-0.2, 0) is 9.53 Å². The molecule has 16 heavy (non-hydrogen) atoms. The van der Waals surface area contributed by atoms with Gasteiger partial charge < -0.3 is 20.1 Å². The lowest BCUT2D eigenvalue weighted by Gasteiger charge is -2.28. The number of carbonyl (C=O) groups excluding carboxylic acids is 1. The standard InChI is InChI=1S/C11H14N2O3/c1-15-10-3-2-8(12)6-9(10)13-4-5-16-7-11(13)14/h2-3,6H,4-5,7,12H2,1H3. The highest BCUT2D eigenvalue weighted by Crippen LogP contribution is 2.31. The van der Waals surface area contributed by atoms with E-state index >= 15 is 0 Å². The molecule has 0 spiro atoms. The van der Waals surface area contributed by atoms with Gasteiger partial charge in [-0.05, 0) is 18.2 Å². The van der Waals surface area contributed by atoms with Crippen molar-refractivity contribution < 1.29 is 14.3 Å². The smallest absolute Gasteiger partial charge is 0.253 e. The summed E-state index contributed by atoms with van der Waals surface area (Å²) in [5, 5.41) is 0. The largest absolute Gasteiger partial charge is 0.495 e. The van der Waals surface area contributed by atoms with Crippen LogP contribution in [-0.4, -0.2) is 32.8 Å². The number of hydrogen-bond donors (Lipinski definition) is 1. The maximum Gasteiger partial charge on any atom is 0.253 e. The third-order valence-corrected chi connectivity index (χ3v) is 2.48. The van der Waals surface area contributed by atoms with Gasteiger partial charge in [0.25, 0.3) is 5.91 Å². The number of nitrogen functional groups attached to an aromatic ring is 1. The van der Waals surface area contributed by atoms with E-state index in [1.807, 2.05) is 0 Å². The van der Waals surface area contributed by atoms with Gasteiger partial charge in [-0.15, -0.1) is 0 Å². The third kappa shape index (κ3) is 1.94. The van der Waals surface area contributed by atoms with Crippen molar-refractivity contribution in [1.29, 1.82) is 0 Å². The number of rotatable bonds is 2. The molecule has 5 heteroatoms. The van der Waals surface area contributed by atoms with Crippen LogP contribution < -0.4 is 15.4 Å². The van der Waals surface area contributed by atoms with Crippen LogP contribution in [0.2, 0.25) is 0 Å². The summed E-state index contributed by atoms with van der Waals surface area (Å²) in [6.07, 6.45) is 0. The van der Waals surface area contributed by atoms with Gasteiger partial charge in [-0.1, -0.05) is 0 Å². The van der Waals surface area contributed by atoms with Gasteiger partial charge in [-0.2, -0.15) is 0 Å². The molecule has 1 aromatic carbocycles. The molecule has 86 valence electrons. The lowest BCUT2D eigenvalue weighted by Crippen LogP contribution is -2.41. The van der Waals surface area contributed by atoms with E-state index < -0.39 is 0 Å². The van der Waals surface area contributed by atoms with Gasteiger partial charge in [0.1, 0.15) is 12.4 Å². The fourth-order valence-electron chi connectivity index (χ4n) is 1.69. The van der Waals surface area contributed by atoms with Gasteiger partial charge in [-0.3, -0.25) is 4.79 Å². The molecule has 1 aromatic rings. The van der Waals surface area contributed by atoms with Gasteiger partial charge in [-0.25, -0.2) is 0 Å². The van der Waals surface area contributed by atoms with Crippen LogP contribution in [0.1, 0.15) is 0 Å². The van der Waals surface area contributed by atoms with E-state index in [9.17, 15) is 4.79 Å². The van der Waals surface area contributed by atoms with Crippen molar-refractivity contribution in [3.05, 3.63) is 18.2 Å². The van der Waals surface area contributed by atoms with Crippen LogP contribution in [0, 0.1) is 0 Å². The SMILES string of the molecule is COc1ccc(N)cc1N1CCOCC1=O. The zero-order valence-corrected chi connectivity index (χ0v) is 9.10. The van der Waals surface area contributed by atoms with Crippen LogP contribution in [0.3, 0.4) is 0 Å². The molecule has 1 heterocycles. The minimum Gasteiger partial charge on any atom is -0.495 e. The number of carbonyl (C=O) groups is 1. The number of methoxy groups -OCH3 is 1. The molecular formula is C11H14N2O3. The van der Waals surface area contributed by atoms with Crippen molar-refractivity contribution in [3.8, 4) is 5.75 Å². The molecule has 1 aliphatic rings. The minimum absolute atomic E-state index is 0.0739. The van der Waals surface area contributed by atoms with E-state index in [2.05, 4.69) is 0 Å². The van der Waals surface area contributed by atoms with E-state index in [1.54, 1.807) is 30.2 Å². The van der Waals surface area contributed by atoms with Crippen LogP contribution in [0.5, 0.6) is 5.75 Å². The van der Waals surface area contributed by atoms with Gasteiger partial charge in [0.15, 0.2) is 0 Å². The summed E-state index contributed by atoms with van der Waals surface area (Å²) in [5.74, 6) is 0.569. The third-order valence-electron chi connectivity index (χ3n) is 2.48. The zero-order chi connectivity index (χ0) is 11.5. The Morgan fingerprint density at radius 3 is 3.00 bits per heavy atom. The van der Waals surface area contributed by atoms with E-state index in [0.717, 1.165) is 0 Å². The topological polar surface area (TPSA) is 64.8 Å². The summed E-state index contributed by atoms with van der Waals surface area (Å²) in [6, 6.07) is 5.24. The molecule has 0 radical (unpaired) electrons. The Balaban J connectivity index is 2.36. The van der Waals surface area contributed by atoms with Crippen molar-refractivity contribution in [1.82, 2.24) is 0 Å². The van der Waals surface area contributed by atoms with E-state index in [0.29, 0.717) is 30.3 Å². The van der Waals surface area contributed by atoms with Gasteiger partial charge in [0.2, 0.25) is 0 Å². The summed E-state index contributed by atoms with van der Waals surface area (Å²) in [7, 11) is 1.57. The van der Waals surface area contributed by atoms with Gasteiger partial charge >= 0.3 is 0 Å². The quantitative estimate of drug-likeness (QED) is 0.746. The molecule has 1 saturated heterocycles. The summed E-state index contributed by atoms with van der Waals surface area (Å²) in [6.45, 7) is 1.17. The fourth-order valence-corrected chi connectivity index (χ4v) is 1.69. The monoisotopic (exact) mass is 222 g/mol. The second-order valence-corrected chi connectivity index (χ2v) is 3.53. The second kappa shape index (κ2) is 4.40. The average Bonchev–Trinajstić information content (AvgIpc) is 2.29. The number of amides is 1. The summed E-state index contributed by atoms with van der Waals surface area (Å²) in [5.41, 5.74) is 7.02. The number of anilines is 2. The summed E-state index contributed by atoms with van der Waals surface area (Å²) in [4.78, 5) is 13.3. The molecule has 0 unspecified atom stereocenters. The Bertz CT molecular complexity index is 406. The Labute approximate surface area is 93.7 Å². The molecule has 0 aromatic heterocycles. The van der Waals surface area contributed by atoms with Crippen LogP contribution in [0.25, 0.3) is 0 Å². The number of benzene rings is 1. The van der Waals surface area contributed by atoms with E-state index in [1.165, 1.54) is 0 Å². The molecule has 1 fully saturated rings. The molecule has 1 aliphatic heterocycles. The number of morpholine rings is 1. The van der Waals surface area contributed by atoms with E-state index in [-0.39, 0.29) is 12.5 Å². The van der Waals surface area contributed by atoms with Crippen molar-refractivity contribution in [3.63, 3.8) is 0 Å². The molecule has 1 amide bonds. The van der Waals surface area contributed by atoms with Gasteiger partial charge in [0.05, 0.1) is 19.4 Å². The van der Waals surface area contributed by atoms with Crippen molar-refractivity contribution >= 4 is 17.3 Å². The Hall–Kier alpha value is -1.75. The molecule has 0 aliphatic carbocycles. The maximum atomic E-state index is 11.7. The first-order valence-corrected chi connectivity index (χ1v) is 5.04. The molecule has 0 saturated carbocycles. The average molecular weight is 222 g/mol. The Morgan fingerprint density at radius 1 is 1.50 bits per heavy atom. The lowest BCUT2D eigenvalue weighted by atomic mass is 10.2. The molecule has 0 bridgehead atoms. The fraction of sp³-hybridized carbons (Fsp3) is 0.364. The van der Waals surface area contributed by atoms with Crippen LogP contribution >= 0.6 is 0 Å². The number of hydrogen-bond acceptors (Lipinski definition) is 4. The van der Waals surface area contributed by atoms with Crippen molar-refractivity contribution in [2.75, 3.05) is 37.5 Å². The summed E-state index contributed by atoms with van der Waals surface area (Å²) < 4.78 is 10.3. The van der Waals surface area contributed by atoms with E-state index in [4.69, 9.17) is 15.2 Å².